The second-order valence-corrected chi connectivity index (χ2v) is 6.51. The first-order chi connectivity index (χ1) is 9.20. The molecule has 0 atom stereocenters. The molecule has 1 aromatic heterocycles. The van der Waals surface area contributed by atoms with E-state index in [2.05, 4.69) is 26.0 Å². The smallest absolute Gasteiger partial charge is 0.375 e. The van der Waals surface area contributed by atoms with Crippen molar-refractivity contribution in [3.63, 3.8) is 0 Å². The molecule has 5 nitrogen and oxygen atoms in total. The Kier molecular flexibility index (Phi) is 3.69. The second kappa shape index (κ2) is 5.01. The summed E-state index contributed by atoms with van der Waals surface area (Å²) in [6.07, 6.45) is 0. The number of benzene rings is 1. The van der Waals surface area contributed by atoms with E-state index in [9.17, 15) is 4.79 Å². The molecule has 2 aromatic rings. The molecule has 0 amide bonds. The Hall–Kier alpha value is -1.69. The van der Waals surface area contributed by atoms with Crippen molar-refractivity contribution in [2.75, 3.05) is 0 Å². The van der Waals surface area contributed by atoms with Crippen molar-refractivity contribution >= 4 is 21.9 Å². The number of hydrogen-bond donors (Lipinski definition) is 1. The number of aromatic nitrogens is 3. The predicted molar refractivity (Wildman–Crippen MR) is 79.5 cm³/mol. The first-order valence-electron chi connectivity index (χ1n) is 6.17. The Bertz CT molecular complexity index is 672. The summed E-state index contributed by atoms with van der Waals surface area (Å²) < 4.78 is 2.60. The number of halogens is 1. The van der Waals surface area contributed by atoms with Gasteiger partial charge in [0.05, 0.1) is 5.69 Å². The standard InChI is InChI=1S/C14H16BrN3O2/c1-8-7-9(5-6-10(8)15)18-13(14(2,3)4)16-11(17-18)12(19)20/h5-7H,1-4H3,(H,19,20). The quantitative estimate of drug-likeness (QED) is 0.912. The van der Waals surface area contributed by atoms with Gasteiger partial charge in [-0.1, -0.05) is 36.7 Å². The number of carboxylic acid groups (broad SMARTS) is 1. The van der Waals surface area contributed by atoms with Crippen LogP contribution in [0.2, 0.25) is 0 Å². The molecular weight excluding hydrogens is 322 g/mol. The lowest BCUT2D eigenvalue weighted by Gasteiger charge is -2.18. The van der Waals surface area contributed by atoms with Gasteiger partial charge in [0.25, 0.3) is 5.82 Å². The molecule has 0 fully saturated rings. The third kappa shape index (κ3) is 2.75. The van der Waals surface area contributed by atoms with Gasteiger partial charge in [0.2, 0.25) is 0 Å². The van der Waals surface area contributed by atoms with Gasteiger partial charge in [-0.05, 0) is 30.7 Å². The summed E-state index contributed by atoms with van der Waals surface area (Å²) in [5.74, 6) is -0.685. The van der Waals surface area contributed by atoms with Crippen LogP contribution in [0.5, 0.6) is 0 Å². The van der Waals surface area contributed by atoms with E-state index in [1.54, 1.807) is 4.68 Å². The molecule has 0 spiro atoms. The molecule has 0 aliphatic rings. The van der Waals surface area contributed by atoms with Crippen LogP contribution in [0.25, 0.3) is 5.69 Å². The molecule has 20 heavy (non-hydrogen) atoms. The van der Waals surface area contributed by atoms with E-state index in [-0.39, 0.29) is 11.2 Å². The van der Waals surface area contributed by atoms with Crippen LogP contribution in [0.15, 0.2) is 22.7 Å². The molecule has 0 unspecified atom stereocenters. The van der Waals surface area contributed by atoms with Crippen molar-refractivity contribution in [1.29, 1.82) is 0 Å². The number of carbonyl (C=O) groups is 1. The van der Waals surface area contributed by atoms with Crippen LogP contribution in [-0.4, -0.2) is 25.8 Å². The largest absolute Gasteiger partial charge is 0.475 e. The fourth-order valence-corrected chi connectivity index (χ4v) is 2.08. The van der Waals surface area contributed by atoms with E-state index in [4.69, 9.17) is 5.11 Å². The molecule has 1 N–H and O–H groups in total. The molecule has 106 valence electrons. The van der Waals surface area contributed by atoms with Gasteiger partial charge in [-0.15, -0.1) is 5.10 Å². The average Bonchev–Trinajstić information content (AvgIpc) is 2.77. The highest BCUT2D eigenvalue weighted by atomic mass is 79.9. The van der Waals surface area contributed by atoms with Gasteiger partial charge in [-0.3, -0.25) is 0 Å². The van der Waals surface area contributed by atoms with Crippen molar-refractivity contribution < 1.29 is 9.90 Å². The fourth-order valence-electron chi connectivity index (χ4n) is 1.83. The zero-order valence-corrected chi connectivity index (χ0v) is 13.4. The number of aryl methyl sites for hydroxylation is 1. The van der Waals surface area contributed by atoms with E-state index in [1.165, 1.54) is 0 Å². The monoisotopic (exact) mass is 337 g/mol. The Labute approximate surface area is 125 Å². The predicted octanol–water partition coefficient (Wildman–Crippen LogP) is 3.33. The van der Waals surface area contributed by atoms with Gasteiger partial charge in [0, 0.05) is 9.89 Å². The lowest BCUT2D eigenvalue weighted by atomic mass is 9.95. The van der Waals surface area contributed by atoms with Crippen LogP contribution >= 0.6 is 15.9 Å². The minimum absolute atomic E-state index is 0.185. The highest BCUT2D eigenvalue weighted by Gasteiger charge is 2.26. The minimum atomic E-state index is -1.12. The van der Waals surface area contributed by atoms with Crippen molar-refractivity contribution in [3.05, 3.63) is 39.9 Å². The molecule has 2 rings (SSSR count). The average molecular weight is 338 g/mol. The van der Waals surface area contributed by atoms with Crippen LogP contribution in [-0.2, 0) is 5.41 Å². The Morgan fingerprint density at radius 2 is 2.00 bits per heavy atom. The molecule has 0 bridgehead atoms. The fraction of sp³-hybridized carbons (Fsp3) is 0.357. The van der Waals surface area contributed by atoms with Gasteiger partial charge in [-0.25, -0.2) is 14.5 Å². The van der Waals surface area contributed by atoms with Crippen LogP contribution in [0.1, 0.15) is 42.8 Å². The lowest BCUT2D eigenvalue weighted by molar-refractivity contribution is 0.0683. The van der Waals surface area contributed by atoms with E-state index in [0.717, 1.165) is 15.7 Å². The molecule has 6 heteroatoms. The van der Waals surface area contributed by atoms with Gasteiger partial charge in [0.1, 0.15) is 5.82 Å². The third-order valence-electron chi connectivity index (χ3n) is 2.86. The summed E-state index contributed by atoms with van der Waals surface area (Å²) in [6, 6.07) is 5.74. The zero-order chi connectivity index (χ0) is 15.1. The first kappa shape index (κ1) is 14.7. The summed E-state index contributed by atoms with van der Waals surface area (Å²) in [5.41, 5.74) is 1.55. The third-order valence-corrected chi connectivity index (χ3v) is 3.75. The van der Waals surface area contributed by atoms with Gasteiger partial charge in [-0.2, -0.15) is 0 Å². The number of hydrogen-bond acceptors (Lipinski definition) is 3. The minimum Gasteiger partial charge on any atom is -0.475 e. The SMILES string of the molecule is Cc1cc(-n2nc(C(=O)O)nc2C(C)(C)C)ccc1Br. The van der Waals surface area contributed by atoms with Gasteiger partial charge < -0.3 is 5.11 Å². The summed E-state index contributed by atoms with van der Waals surface area (Å²) in [4.78, 5) is 15.3. The second-order valence-electron chi connectivity index (χ2n) is 5.66. The Balaban J connectivity index is 2.65. The summed E-state index contributed by atoms with van der Waals surface area (Å²) in [7, 11) is 0. The van der Waals surface area contributed by atoms with Crippen molar-refractivity contribution in [3.8, 4) is 5.69 Å². The Morgan fingerprint density at radius 1 is 1.35 bits per heavy atom. The number of carboxylic acids is 1. The highest BCUT2D eigenvalue weighted by molar-refractivity contribution is 9.10. The topological polar surface area (TPSA) is 68.0 Å². The number of aromatic carboxylic acids is 1. The van der Waals surface area contributed by atoms with Crippen LogP contribution in [0.4, 0.5) is 0 Å². The maximum atomic E-state index is 11.1. The molecule has 0 aliphatic heterocycles. The van der Waals surface area contributed by atoms with Crippen LogP contribution in [0, 0.1) is 6.92 Å². The first-order valence-corrected chi connectivity index (χ1v) is 6.97. The highest BCUT2D eigenvalue weighted by Crippen LogP contribution is 2.25. The summed E-state index contributed by atoms with van der Waals surface area (Å²) in [5, 5.41) is 13.2. The number of rotatable bonds is 2. The summed E-state index contributed by atoms with van der Waals surface area (Å²) in [6.45, 7) is 7.90. The molecule has 0 radical (unpaired) electrons. The van der Waals surface area contributed by atoms with E-state index >= 15 is 0 Å². The molecule has 0 aliphatic carbocycles. The maximum Gasteiger partial charge on any atom is 0.375 e. The molecular formula is C14H16BrN3O2. The van der Waals surface area contributed by atoms with Crippen LogP contribution in [0.3, 0.4) is 0 Å². The zero-order valence-electron chi connectivity index (χ0n) is 11.8. The molecule has 0 saturated heterocycles. The summed E-state index contributed by atoms with van der Waals surface area (Å²) >= 11 is 3.45. The van der Waals surface area contributed by atoms with Gasteiger partial charge in [0.15, 0.2) is 0 Å². The molecule has 0 saturated carbocycles. The maximum absolute atomic E-state index is 11.1. The van der Waals surface area contributed by atoms with E-state index in [0.29, 0.717) is 5.82 Å². The van der Waals surface area contributed by atoms with E-state index in [1.807, 2.05) is 45.9 Å². The normalized spacial score (nSPS) is 11.7. The van der Waals surface area contributed by atoms with E-state index < -0.39 is 5.97 Å². The molecule has 1 heterocycles. The van der Waals surface area contributed by atoms with Crippen LogP contribution < -0.4 is 0 Å². The number of nitrogens with zero attached hydrogens (tertiary/aromatic N) is 3. The van der Waals surface area contributed by atoms with Crippen molar-refractivity contribution in [2.24, 2.45) is 0 Å². The molecule has 1 aromatic carbocycles. The lowest BCUT2D eigenvalue weighted by Crippen LogP contribution is -2.18. The van der Waals surface area contributed by atoms with Crippen molar-refractivity contribution in [2.45, 2.75) is 33.1 Å². The Morgan fingerprint density at radius 3 is 2.50 bits per heavy atom. The van der Waals surface area contributed by atoms with Gasteiger partial charge >= 0.3 is 5.97 Å². The van der Waals surface area contributed by atoms with Crippen molar-refractivity contribution in [1.82, 2.24) is 14.8 Å².